The average Bonchev–Trinajstić information content (AvgIpc) is 3.22. The summed E-state index contributed by atoms with van der Waals surface area (Å²) in [6.07, 6.45) is 3.19. The molecule has 1 aliphatic heterocycles. The summed E-state index contributed by atoms with van der Waals surface area (Å²) in [5.74, 6) is -1.35. The van der Waals surface area contributed by atoms with Crippen LogP contribution in [0, 0.1) is 25.2 Å². The molecule has 0 bridgehead atoms. The number of hydrogen-bond donors (Lipinski definition) is 0. The Morgan fingerprint density at radius 2 is 1.69 bits per heavy atom. The van der Waals surface area contributed by atoms with Crippen LogP contribution in [0.15, 0.2) is 75.6 Å². The van der Waals surface area contributed by atoms with Gasteiger partial charge >= 0.3 is 10.1 Å². The molecule has 166 valence electrons. The van der Waals surface area contributed by atoms with Crippen LogP contribution in [0.25, 0.3) is 5.57 Å². The number of rotatable bonds is 7. The van der Waals surface area contributed by atoms with Crippen LogP contribution in [0.3, 0.4) is 0 Å². The molecular weight excluding hydrogens is 468 g/mol. The zero-order chi connectivity index (χ0) is 23.4. The van der Waals surface area contributed by atoms with Gasteiger partial charge in [-0.05, 0) is 49.3 Å². The van der Waals surface area contributed by atoms with Crippen LogP contribution in [0.2, 0.25) is 0 Å². The van der Waals surface area contributed by atoms with E-state index in [9.17, 15) is 22.1 Å². The van der Waals surface area contributed by atoms with Crippen molar-refractivity contribution in [2.24, 2.45) is 5.16 Å². The van der Waals surface area contributed by atoms with Gasteiger partial charge in [0.1, 0.15) is 16.9 Å². The monoisotopic (exact) mass is 488 g/mol. The molecule has 32 heavy (non-hydrogen) atoms. The Morgan fingerprint density at radius 3 is 2.34 bits per heavy atom. The number of nitriles is 1. The van der Waals surface area contributed by atoms with E-state index in [1.54, 1.807) is 18.2 Å². The topological polar surface area (TPSA) is 114 Å². The summed E-state index contributed by atoms with van der Waals surface area (Å²) in [6, 6.07) is 15.8. The quantitative estimate of drug-likeness (QED) is 0.428. The molecule has 0 saturated heterocycles. The Bertz CT molecular complexity index is 1370. The molecule has 0 radical (unpaired) electrons. The Hall–Kier alpha value is -2.87. The zero-order valence-electron chi connectivity index (χ0n) is 17.3. The maximum Gasteiger partial charge on any atom is 0.329 e. The van der Waals surface area contributed by atoms with Gasteiger partial charge in [-0.3, -0.25) is 4.28 Å². The van der Waals surface area contributed by atoms with Crippen LogP contribution < -0.4 is 0 Å². The molecule has 2 aromatic carbocycles. The normalized spacial score (nSPS) is 16.7. The van der Waals surface area contributed by atoms with E-state index in [4.69, 9.17) is 0 Å². The summed E-state index contributed by atoms with van der Waals surface area (Å²) in [7, 11) is -7.99. The molecule has 0 aliphatic carbocycles. The van der Waals surface area contributed by atoms with E-state index in [1.165, 1.54) is 18.2 Å². The average molecular weight is 489 g/mol. The highest BCUT2D eigenvalue weighted by Crippen LogP contribution is 2.34. The van der Waals surface area contributed by atoms with Crippen LogP contribution in [-0.4, -0.2) is 33.4 Å². The fourth-order valence-corrected chi connectivity index (χ4v) is 6.44. The Morgan fingerprint density at radius 1 is 1.00 bits per heavy atom. The smallest absolute Gasteiger partial charge is 0.267 e. The second-order valence-electron chi connectivity index (χ2n) is 7.00. The summed E-state index contributed by atoms with van der Waals surface area (Å²) >= 11 is 1.10. The fraction of sp³-hybridized carbons (Fsp3) is 0.182. The van der Waals surface area contributed by atoms with Gasteiger partial charge in [0.05, 0.1) is 16.2 Å². The van der Waals surface area contributed by atoms with Gasteiger partial charge in [-0.25, -0.2) is 8.42 Å². The van der Waals surface area contributed by atoms with E-state index in [1.807, 2.05) is 38.1 Å². The molecule has 2 aromatic rings. The molecular formula is C22H20N2O5S3. The largest absolute Gasteiger partial charge is 0.329 e. The van der Waals surface area contributed by atoms with Crippen molar-refractivity contribution in [2.75, 3.05) is 11.5 Å². The number of aryl methyl sites for hydroxylation is 2. The van der Waals surface area contributed by atoms with Gasteiger partial charge in [-0.2, -0.15) is 13.7 Å². The second kappa shape index (κ2) is 9.73. The number of thioether (sulfide) groups is 1. The molecule has 0 N–H and O–H groups in total. The third-order valence-corrected chi connectivity index (χ3v) is 8.56. The van der Waals surface area contributed by atoms with E-state index in [2.05, 4.69) is 15.5 Å². The Balaban J connectivity index is 1.67. The van der Waals surface area contributed by atoms with Crippen molar-refractivity contribution >= 4 is 42.3 Å². The summed E-state index contributed by atoms with van der Waals surface area (Å²) in [4.78, 5) is 0.664. The zero-order valence-corrected chi connectivity index (χ0v) is 19.8. The third kappa shape index (κ3) is 5.88. The Kier molecular flexibility index (Phi) is 7.23. The molecule has 0 aromatic heterocycles. The first-order valence-electron chi connectivity index (χ1n) is 9.46. The Labute approximate surface area is 192 Å². The van der Waals surface area contributed by atoms with E-state index in [0.29, 0.717) is 10.5 Å². The van der Waals surface area contributed by atoms with Crippen LogP contribution in [0.5, 0.6) is 0 Å². The summed E-state index contributed by atoms with van der Waals surface area (Å²) < 4.78 is 53.7. The maximum atomic E-state index is 12.4. The molecule has 0 unspecified atom stereocenters. The lowest BCUT2D eigenvalue weighted by atomic mass is 10.0. The van der Waals surface area contributed by atoms with Crippen molar-refractivity contribution in [3.8, 4) is 6.07 Å². The van der Waals surface area contributed by atoms with Gasteiger partial charge in [-0.1, -0.05) is 58.9 Å². The predicted molar refractivity (Wildman–Crippen MR) is 126 cm³/mol. The standard InChI is InChI=1S/C22H20N2O5S3/c1-16-7-9-18(10-8-16)31(25,26)13-14-32(27,28)29-24-22-12-11-21(30-22)20(15-23)19-6-4-3-5-17(19)2/h3-12H,13-14H2,1-2H3. The first-order valence-corrected chi connectivity index (χ1v) is 13.5. The molecule has 10 heteroatoms. The van der Waals surface area contributed by atoms with Crippen molar-refractivity contribution in [1.29, 1.82) is 5.26 Å². The van der Waals surface area contributed by atoms with Gasteiger partial charge in [0.25, 0.3) is 0 Å². The molecule has 0 amide bonds. The minimum absolute atomic E-state index is 0.0499. The minimum Gasteiger partial charge on any atom is -0.267 e. The highest BCUT2D eigenvalue weighted by atomic mass is 32.2. The second-order valence-corrected chi connectivity index (χ2v) is 11.8. The lowest BCUT2D eigenvalue weighted by molar-refractivity contribution is 0.341. The number of oxime groups is 1. The molecule has 1 aliphatic rings. The third-order valence-electron chi connectivity index (χ3n) is 4.59. The lowest BCUT2D eigenvalue weighted by Crippen LogP contribution is -2.18. The predicted octanol–water partition coefficient (Wildman–Crippen LogP) is 3.97. The van der Waals surface area contributed by atoms with E-state index in [0.717, 1.165) is 28.5 Å². The van der Waals surface area contributed by atoms with Gasteiger partial charge in [0.15, 0.2) is 9.84 Å². The first kappa shape index (κ1) is 23.8. The first-order chi connectivity index (χ1) is 15.1. The summed E-state index contributed by atoms with van der Waals surface area (Å²) in [6.45, 7) is 3.72. The lowest BCUT2D eigenvalue weighted by Gasteiger charge is -2.06. The number of nitrogens with zero attached hydrogens (tertiary/aromatic N) is 2. The number of sulfone groups is 1. The van der Waals surface area contributed by atoms with Crippen LogP contribution in [0.4, 0.5) is 0 Å². The van der Waals surface area contributed by atoms with Crippen LogP contribution >= 0.6 is 11.8 Å². The van der Waals surface area contributed by atoms with E-state index in [-0.39, 0.29) is 9.94 Å². The highest BCUT2D eigenvalue weighted by molar-refractivity contribution is 8.18. The molecule has 7 nitrogen and oxygen atoms in total. The van der Waals surface area contributed by atoms with Gasteiger partial charge in [0.2, 0.25) is 0 Å². The summed E-state index contributed by atoms with van der Waals surface area (Å²) in [5, 5.41) is 13.5. The van der Waals surface area contributed by atoms with Crippen LogP contribution in [0.1, 0.15) is 16.7 Å². The van der Waals surface area contributed by atoms with Crippen molar-refractivity contribution in [3.05, 3.63) is 82.3 Å². The molecule has 0 fully saturated rings. The van der Waals surface area contributed by atoms with Crippen molar-refractivity contribution in [1.82, 2.24) is 0 Å². The molecule has 0 atom stereocenters. The van der Waals surface area contributed by atoms with Crippen molar-refractivity contribution in [2.45, 2.75) is 18.7 Å². The van der Waals surface area contributed by atoms with Crippen LogP contribution in [-0.2, 0) is 24.2 Å². The van der Waals surface area contributed by atoms with Crippen molar-refractivity contribution < 1.29 is 21.1 Å². The van der Waals surface area contributed by atoms with E-state index >= 15 is 0 Å². The van der Waals surface area contributed by atoms with Crippen molar-refractivity contribution in [3.63, 3.8) is 0 Å². The van der Waals surface area contributed by atoms with Gasteiger partial charge in [0, 0.05) is 4.91 Å². The molecule has 0 spiro atoms. The highest BCUT2D eigenvalue weighted by Gasteiger charge is 2.22. The molecule has 1 heterocycles. The molecule has 0 saturated carbocycles. The number of benzene rings is 2. The number of hydrogen-bond acceptors (Lipinski definition) is 8. The summed E-state index contributed by atoms with van der Waals surface area (Å²) in [5.41, 5.74) is 3.05. The maximum absolute atomic E-state index is 12.4. The molecule has 3 rings (SSSR count). The fourth-order valence-electron chi connectivity index (χ4n) is 2.82. The SMILES string of the molecule is Cc1ccc(S(=O)(=O)CCS(=O)(=O)ON=C2C=CC(=C(C#N)c3ccccc3C)S2)cc1. The number of allylic oxidation sites excluding steroid dienone is 2. The minimum atomic E-state index is -4.22. The van der Waals surface area contributed by atoms with E-state index < -0.39 is 31.5 Å². The van der Waals surface area contributed by atoms with Gasteiger partial charge in [-0.15, -0.1) is 0 Å². The van der Waals surface area contributed by atoms with Gasteiger partial charge < -0.3 is 0 Å².